The van der Waals surface area contributed by atoms with Crippen molar-refractivity contribution < 1.29 is 4.74 Å². The van der Waals surface area contributed by atoms with Gasteiger partial charge in [0.05, 0.1) is 6.61 Å². The molecule has 2 heteroatoms. The van der Waals surface area contributed by atoms with E-state index in [1.807, 2.05) is 0 Å². The van der Waals surface area contributed by atoms with Gasteiger partial charge in [-0.05, 0) is 63.3 Å². The van der Waals surface area contributed by atoms with Gasteiger partial charge in [0.15, 0.2) is 0 Å². The summed E-state index contributed by atoms with van der Waals surface area (Å²) in [5, 5.41) is 3.44. The summed E-state index contributed by atoms with van der Waals surface area (Å²) in [5.74, 6) is 1.08. The zero-order chi connectivity index (χ0) is 14.3. The number of hydrogen-bond acceptors (Lipinski definition) is 2. The molecule has 0 heterocycles. The highest BCUT2D eigenvalue weighted by molar-refractivity contribution is 5.44. The summed E-state index contributed by atoms with van der Waals surface area (Å²) in [6, 6.07) is 4.90. The van der Waals surface area contributed by atoms with Gasteiger partial charge in [-0.1, -0.05) is 26.0 Å². The summed E-state index contributed by atoms with van der Waals surface area (Å²) >= 11 is 0. The van der Waals surface area contributed by atoms with Crippen molar-refractivity contribution in [2.75, 3.05) is 13.2 Å². The molecule has 1 rings (SSSR count). The van der Waals surface area contributed by atoms with Crippen LogP contribution >= 0.6 is 0 Å². The summed E-state index contributed by atoms with van der Waals surface area (Å²) in [4.78, 5) is 0. The standard InChI is InChI=1S/C17H29NO/c1-13(2)18-11-7-6-8-12-19-17-15(4)10-9-14(3)16(17)5/h9-10,13,18H,6-8,11-12H2,1-5H3. The van der Waals surface area contributed by atoms with Gasteiger partial charge in [0.1, 0.15) is 5.75 Å². The van der Waals surface area contributed by atoms with Gasteiger partial charge in [-0.25, -0.2) is 0 Å². The summed E-state index contributed by atoms with van der Waals surface area (Å²) in [6.45, 7) is 12.7. The molecular formula is C17H29NO. The second kappa shape index (κ2) is 8.21. The molecule has 0 fully saturated rings. The third kappa shape index (κ3) is 5.65. The van der Waals surface area contributed by atoms with E-state index in [1.165, 1.54) is 29.5 Å². The summed E-state index contributed by atoms with van der Waals surface area (Å²) in [7, 11) is 0. The Kier molecular flexibility index (Phi) is 6.93. The highest BCUT2D eigenvalue weighted by Crippen LogP contribution is 2.25. The van der Waals surface area contributed by atoms with Crippen LogP contribution in [-0.4, -0.2) is 19.2 Å². The van der Waals surface area contributed by atoms with E-state index < -0.39 is 0 Å². The molecular weight excluding hydrogens is 234 g/mol. The van der Waals surface area contributed by atoms with E-state index in [0.717, 1.165) is 25.3 Å². The molecule has 0 atom stereocenters. The van der Waals surface area contributed by atoms with Crippen LogP contribution in [-0.2, 0) is 0 Å². The molecule has 0 aromatic heterocycles. The Labute approximate surface area is 118 Å². The van der Waals surface area contributed by atoms with Gasteiger partial charge in [0, 0.05) is 6.04 Å². The number of unbranched alkanes of at least 4 members (excludes halogenated alkanes) is 2. The van der Waals surface area contributed by atoms with Gasteiger partial charge >= 0.3 is 0 Å². The second-order valence-corrected chi connectivity index (χ2v) is 5.67. The minimum atomic E-state index is 0.592. The van der Waals surface area contributed by atoms with Crippen LogP contribution in [0.15, 0.2) is 12.1 Å². The summed E-state index contributed by atoms with van der Waals surface area (Å²) in [5.41, 5.74) is 3.83. The second-order valence-electron chi connectivity index (χ2n) is 5.67. The van der Waals surface area contributed by atoms with Gasteiger partial charge in [-0.3, -0.25) is 0 Å². The predicted molar refractivity (Wildman–Crippen MR) is 83.1 cm³/mol. The van der Waals surface area contributed by atoms with E-state index >= 15 is 0 Å². The molecule has 0 spiro atoms. The van der Waals surface area contributed by atoms with Gasteiger partial charge in [-0.15, -0.1) is 0 Å². The molecule has 0 saturated heterocycles. The Balaban J connectivity index is 2.25. The molecule has 0 unspecified atom stereocenters. The Morgan fingerprint density at radius 2 is 1.68 bits per heavy atom. The fourth-order valence-electron chi connectivity index (χ4n) is 2.12. The lowest BCUT2D eigenvalue weighted by atomic mass is 10.1. The third-order valence-corrected chi connectivity index (χ3v) is 3.49. The normalized spacial score (nSPS) is 11.1. The van der Waals surface area contributed by atoms with Crippen molar-refractivity contribution in [1.29, 1.82) is 0 Å². The van der Waals surface area contributed by atoms with Gasteiger partial charge in [0.2, 0.25) is 0 Å². The summed E-state index contributed by atoms with van der Waals surface area (Å²) in [6.07, 6.45) is 3.59. The van der Waals surface area contributed by atoms with Crippen molar-refractivity contribution in [3.63, 3.8) is 0 Å². The van der Waals surface area contributed by atoms with Crippen molar-refractivity contribution in [2.45, 2.75) is 59.9 Å². The number of ether oxygens (including phenoxy) is 1. The number of benzene rings is 1. The van der Waals surface area contributed by atoms with Crippen LogP contribution in [0, 0.1) is 20.8 Å². The first-order valence-electron chi connectivity index (χ1n) is 7.45. The fraction of sp³-hybridized carbons (Fsp3) is 0.647. The molecule has 1 aromatic carbocycles. The lowest BCUT2D eigenvalue weighted by Crippen LogP contribution is -2.23. The fourth-order valence-corrected chi connectivity index (χ4v) is 2.12. The molecule has 19 heavy (non-hydrogen) atoms. The maximum absolute atomic E-state index is 5.96. The highest BCUT2D eigenvalue weighted by Gasteiger charge is 2.05. The Hall–Kier alpha value is -1.02. The zero-order valence-corrected chi connectivity index (χ0v) is 13.2. The lowest BCUT2D eigenvalue weighted by molar-refractivity contribution is 0.300. The highest BCUT2D eigenvalue weighted by atomic mass is 16.5. The molecule has 1 N–H and O–H groups in total. The molecule has 0 saturated carbocycles. The smallest absolute Gasteiger partial charge is 0.125 e. The van der Waals surface area contributed by atoms with E-state index in [1.54, 1.807) is 0 Å². The largest absolute Gasteiger partial charge is 0.493 e. The monoisotopic (exact) mass is 263 g/mol. The lowest BCUT2D eigenvalue weighted by Gasteiger charge is -2.14. The molecule has 2 nitrogen and oxygen atoms in total. The molecule has 0 amide bonds. The van der Waals surface area contributed by atoms with Gasteiger partial charge in [0.25, 0.3) is 0 Å². The molecule has 0 aliphatic carbocycles. The van der Waals surface area contributed by atoms with Crippen LogP contribution in [0.3, 0.4) is 0 Å². The van der Waals surface area contributed by atoms with Crippen molar-refractivity contribution >= 4 is 0 Å². The predicted octanol–water partition coefficient (Wildman–Crippen LogP) is 4.16. The van der Waals surface area contributed by atoms with E-state index in [-0.39, 0.29) is 0 Å². The van der Waals surface area contributed by atoms with E-state index in [4.69, 9.17) is 4.74 Å². The van der Waals surface area contributed by atoms with Gasteiger partial charge in [-0.2, -0.15) is 0 Å². The number of nitrogens with one attached hydrogen (secondary N) is 1. The molecule has 1 aromatic rings. The first-order valence-corrected chi connectivity index (χ1v) is 7.45. The number of aryl methyl sites for hydroxylation is 2. The number of hydrogen-bond donors (Lipinski definition) is 1. The molecule has 0 radical (unpaired) electrons. The minimum absolute atomic E-state index is 0.592. The van der Waals surface area contributed by atoms with E-state index in [2.05, 4.69) is 52.1 Å². The molecule has 0 bridgehead atoms. The van der Waals surface area contributed by atoms with Crippen LogP contribution < -0.4 is 10.1 Å². The van der Waals surface area contributed by atoms with Crippen LogP contribution in [0.2, 0.25) is 0 Å². The van der Waals surface area contributed by atoms with Crippen molar-refractivity contribution in [1.82, 2.24) is 5.32 Å². The van der Waals surface area contributed by atoms with Crippen LogP contribution in [0.4, 0.5) is 0 Å². The third-order valence-electron chi connectivity index (χ3n) is 3.49. The van der Waals surface area contributed by atoms with Crippen molar-refractivity contribution in [3.05, 3.63) is 28.8 Å². The first kappa shape index (κ1) is 16.0. The van der Waals surface area contributed by atoms with Crippen molar-refractivity contribution in [2.24, 2.45) is 0 Å². The van der Waals surface area contributed by atoms with Crippen molar-refractivity contribution in [3.8, 4) is 5.75 Å². The van der Waals surface area contributed by atoms with Crippen LogP contribution in [0.1, 0.15) is 49.8 Å². The first-order chi connectivity index (χ1) is 9.02. The molecule has 0 aliphatic rings. The number of rotatable bonds is 8. The van der Waals surface area contributed by atoms with E-state index in [9.17, 15) is 0 Å². The SMILES string of the molecule is Cc1ccc(C)c(OCCCCCNC(C)C)c1C. The average molecular weight is 263 g/mol. The quantitative estimate of drug-likeness (QED) is 0.711. The van der Waals surface area contributed by atoms with Gasteiger partial charge < -0.3 is 10.1 Å². The topological polar surface area (TPSA) is 21.3 Å². The molecule has 108 valence electrons. The maximum atomic E-state index is 5.96. The summed E-state index contributed by atoms with van der Waals surface area (Å²) < 4.78 is 5.96. The minimum Gasteiger partial charge on any atom is -0.493 e. The van der Waals surface area contributed by atoms with Crippen LogP contribution in [0.25, 0.3) is 0 Å². The van der Waals surface area contributed by atoms with Crippen LogP contribution in [0.5, 0.6) is 5.75 Å². The maximum Gasteiger partial charge on any atom is 0.125 e. The zero-order valence-electron chi connectivity index (χ0n) is 13.2. The average Bonchev–Trinajstić information content (AvgIpc) is 2.36. The van der Waals surface area contributed by atoms with E-state index in [0.29, 0.717) is 6.04 Å². The Morgan fingerprint density at radius 1 is 1.00 bits per heavy atom. The Bertz CT molecular complexity index is 385. The molecule has 0 aliphatic heterocycles. The Morgan fingerprint density at radius 3 is 2.37 bits per heavy atom.